The summed E-state index contributed by atoms with van der Waals surface area (Å²) in [5.41, 5.74) is 1.18. The first-order valence-electron chi connectivity index (χ1n) is 12.1. The number of benzene rings is 3. The van der Waals surface area contributed by atoms with Crippen molar-refractivity contribution in [1.29, 1.82) is 0 Å². The summed E-state index contributed by atoms with van der Waals surface area (Å²) >= 11 is 6.64. The molecule has 13 heteroatoms. The highest BCUT2D eigenvalue weighted by Crippen LogP contribution is 2.30. The van der Waals surface area contributed by atoms with E-state index in [-0.39, 0.29) is 37.7 Å². The number of anilines is 2. The van der Waals surface area contributed by atoms with Gasteiger partial charge in [0.2, 0.25) is 0 Å². The predicted octanol–water partition coefficient (Wildman–Crippen LogP) is 5.98. The summed E-state index contributed by atoms with van der Waals surface area (Å²) in [6.07, 6.45) is 1.55. The zero-order chi connectivity index (χ0) is 29.1. The van der Waals surface area contributed by atoms with Crippen LogP contribution in [0.25, 0.3) is 16.5 Å². The molecule has 2 heterocycles. The van der Waals surface area contributed by atoms with Gasteiger partial charge in [0, 0.05) is 19.3 Å². The number of amides is 2. The first-order chi connectivity index (χ1) is 19.6. The standard InChI is InChI=1S/C28H22ClFN4O5S2/c1-31-23-13-18-11-12-34(27(35)20(18)15-21(23)30)19-7-8-22(24(14-19)39-16-17-5-3-2-4-6-17)32-28(36)33-41(37,38)26-10-9-25(29)40-26/h2-15,31H,16H2,1H3,(H2,32,33,36). The third-order valence-corrected chi connectivity index (χ3v) is 9.08. The number of nitrogens with zero attached hydrogens (tertiary/aromatic N) is 1. The molecule has 2 amide bonds. The van der Waals surface area contributed by atoms with Crippen LogP contribution >= 0.6 is 22.9 Å². The molecule has 2 aromatic heterocycles. The Labute approximate surface area is 243 Å². The molecule has 0 unspecified atom stereocenters. The zero-order valence-corrected chi connectivity index (χ0v) is 23.7. The highest BCUT2D eigenvalue weighted by molar-refractivity contribution is 7.92. The van der Waals surface area contributed by atoms with Gasteiger partial charge < -0.3 is 15.4 Å². The van der Waals surface area contributed by atoms with Crippen molar-refractivity contribution in [2.75, 3.05) is 17.7 Å². The fourth-order valence-electron chi connectivity index (χ4n) is 4.04. The predicted molar refractivity (Wildman–Crippen MR) is 158 cm³/mol. The molecule has 0 aliphatic rings. The van der Waals surface area contributed by atoms with Crippen molar-refractivity contribution in [2.24, 2.45) is 0 Å². The van der Waals surface area contributed by atoms with E-state index in [4.69, 9.17) is 16.3 Å². The number of pyridine rings is 1. The van der Waals surface area contributed by atoms with Gasteiger partial charge in [0.05, 0.1) is 26.8 Å². The molecule has 0 bridgehead atoms. The molecule has 5 rings (SSSR count). The molecule has 0 atom stereocenters. The number of urea groups is 1. The van der Waals surface area contributed by atoms with E-state index in [0.29, 0.717) is 11.1 Å². The lowest BCUT2D eigenvalue weighted by Gasteiger charge is -2.16. The lowest BCUT2D eigenvalue weighted by Crippen LogP contribution is -2.34. The summed E-state index contributed by atoms with van der Waals surface area (Å²) in [7, 11) is -2.57. The normalized spacial score (nSPS) is 11.3. The molecular formula is C28H22ClFN4O5S2. The van der Waals surface area contributed by atoms with E-state index in [1.54, 1.807) is 31.4 Å². The second-order valence-electron chi connectivity index (χ2n) is 8.73. The van der Waals surface area contributed by atoms with Crippen LogP contribution in [0.4, 0.5) is 20.6 Å². The monoisotopic (exact) mass is 612 g/mol. The van der Waals surface area contributed by atoms with E-state index in [0.717, 1.165) is 16.9 Å². The zero-order valence-electron chi connectivity index (χ0n) is 21.4. The number of rotatable bonds is 8. The Kier molecular flexibility index (Phi) is 7.97. The van der Waals surface area contributed by atoms with Crippen molar-refractivity contribution in [1.82, 2.24) is 9.29 Å². The molecule has 0 fully saturated rings. The molecule has 9 nitrogen and oxygen atoms in total. The number of hydrogen-bond acceptors (Lipinski definition) is 7. The van der Waals surface area contributed by atoms with Gasteiger partial charge in [0.1, 0.15) is 22.4 Å². The number of thiophene rings is 1. The number of aromatic nitrogens is 1. The largest absolute Gasteiger partial charge is 0.487 e. The number of fused-ring (bicyclic) bond motifs is 1. The fraction of sp³-hybridized carbons (Fsp3) is 0.0714. The van der Waals surface area contributed by atoms with Crippen LogP contribution in [0.15, 0.2) is 94.1 Å². The van der Waals surface area contributed by atoms with Gasteiger partial charge in [-0.2, -0.15) is 0 Å². The van der Waals surface area contributed by atoms with Crippen LogP contribution in [-0.4, -0.2) is 26.1 Å². The van der Waals surface area contributed by atoms with Crippen LogP contribution in [0.1, 0.15) is 5.56 Å². The molecule has 41 heavy (non-hydrogen) atoms. The highest BCUT2D eigenvalue weighted by Gasteiger charge is 2.21. The third kappa shape index (κ3) is 6.19. The number of nitrogens with one attached hydrogen (secondary N) is 3. The molecule has 3 N–H and O–H groups in total. The minimum atomic E-state index is -4.16. The second kappa shape index (κ2) is 11.6. The number of halogens is 2. The van der Waals surface area contributed by atoms with E-state index in [1.165, 1.54) is 34.9 Å². The molecule has 0 saturated carbocycles. The van der Waals surface area contributed by atoms with Gasteiger partial charge in [0.15, 0.2) is 0 Å². The summed E-state index contributed by atoms with van der Waals surface area (Å²) in [5.74, 6) is -0.395. The molecule has 3 aromatic carbocycles. The maximum atomic E-state index is 14.4. The van der Waals surface area contributed by atoms with Crippen molar-refractivity contribution in [3.63, 3.8) is 0 Å². The number of sulfonamides is 1. The Morgan fingerprint density at radius 2 is 1.80 bits per heavy atom. The van der Waals surface area contributed by atoms with E-state index < -0.39 is 27.4 Å². The SMILES string of the molecule is CNc1cc2ccn(-c3ccc(NC(=O)NS(=O)(=O)c4ccc(Cl)s4)c(OCc4ccccc4)c3)c(=O)c2cc1F. The van der Waals surface area contributed by atoms with Gasteiger partial charge in [-0.05, 0) is 53.4 Å². The molecule has 0 saturated heterocycles. The van der Waals surface area contributed by atoms with E-state index >= 15 is 0 Å². The van der Waals surface area contributed by atoms with Crippen LogP contribution in [-0.2, 0) is 16.6 Å². The van der Waals surface area contributed by atoms with Crippen molar-refractivity contribution in [2.45, 2.75) is 10.8 Å². The molecule has 5 aromatic rings. The van der Waals surface area contributed by atoms with Gasteiger partial charge in [-0.25, -0.2) is 22.3 Å². The lowest BCUT2D eigenvalue weighted by molar-refractivity contribution is 0.256. The van der Waals surface area contributed by atoms with Crippen molar-refractivity contribution < 1.29 is 22.3 Å². The number of carbonyl (C=O) groups excluding carboxylic acids is 1. The average molecular weight is 613 g/mol. The van der Waals surface area contributed by atoms with Crippen LogP contribution < -0.4 is 25.7 Å². The van der Waals surface area contributed by atoms with Crippen LogP contribution in [0, 0.1) is 5.82 Å². The van der Waals surface area contributed by atoms with Crippen molar-refractivity contribution in [3.05, 3.63) is 111 Å². The van der Waals surface area contributed by atoms with Crippen LogP contribution in [0.5, 0.6) is 5.75 Å². The molecule has 0 spiro atoms. The average Bonchev–Trinajstić information content (AvgIpc) is 3.40. The summed E-state index contributed by atoms with van der Waals surface area (Å²) < 4.78 is 49.0. The molecule has 0 aliphatic carbocycles. The van der Waals surface area contributed by atoms with Crippen molar-refractivity contribution >= 4 is 61.1 Å². The lowest BCUT2D eigenvalue weighted by atomic mass is 10.1. The third-order valence-electron chi connectivity index (χ3n) is 6.03. The summed E-state index contributed by atoms with van der Waals surface area (Å²) in [4.78, 5) is 26.0. The number of carbonyl (C=O) groups is 1. The van der Waals surface area contributed by atoms with Crippen molar-refractivity contribution in [3.8, 4) is 11.4 Å². The quantitative estimate of drug-likeness (QED) is 0.199. The van der Waals surface area contributed by atoms with Gasteiger partial charge in [-0.15, -0.1) is 11.3 Å². The van der Waals surface area contributed by atoms with Gasteiger partial charge in [0.25, 0.3) is 15.6 Å². The summed E-state index contributed by atoms with van der Waals surface area (Å²) in [5, 5.41) is 5.98. The van der Waals surface area contributed by atoms with E-state index in [1.807, 2.05) is 35.1 Å². The minimum Gasteiger partial charge on any atom is -0.487 e. The molecule has 0 radical (unpaired) electrons. The topological polar surface area (TPSA) is 119 Å². The number of ether oxygens (including phenoxy) is 1. The highest BCUT2D eigenvalue weighted by atomic mass is 35.5. The smallest absolute Gasteiger partial charge is 0.333 e. The minimum absolute atomic E-state index is 0.122. The first kappa shape index (κ1) is 28.1. The fourth-order valence-corrected chi connectivity index (χ4v) is 6.43. The van der Waals surface area contributed by atoms with Crippen LogP contribution in [0.3, 0.4) is 0 Å². The molecular weight excluding hydrogens is 591 g/mol. The Morgan fingerprint density at radius 3 is 2.51 bits per heavy atom. The Hall–Kier alpha value is -4.39. The van der Waals surface area contributed by atoms with Crippen LogP contribution in [0.2, 0.25) is 4.34 Å². The van der Waals surface area contributed by atoms with Gasteiger partial charge in [-0.3, -0.25) is 9.36 Å². The first-order valence-corrected chi connectivity index (χ1v) is 14.8. The van der Waals surface area contributed by atoms with E-state index in [2.05, 4.69) is 10.6 Å². The molecule has 210 valence electrons. The Balaban J connectivity index is 1.48. The summed E-state index contributed by atoms with van der Waals surface area (Å²) in [6.45, 7) is 0.122. The molecule has 0 aliphatic heterocycles. The van der Waals surface area contributed by atoms with E-state index in [9.17, 15) is 22.4 Å². The Morgan fingerprint density at radius 1 is 1.02 bits per heavy atom. The maximum absolute atomic E-state index is 14.4. The summed E-state index contributed by atoms with van der Waals surface area (Å²) in [6, 6.07) is 19.9. The Bertz CT molecular complexity index is 1930. The second-order valence-corrected chi connectivity index (χ2v) is 12.4. The van der Waals surface area contributed by atoms with Gasteiger partial charge in [-0.1, -0.05) is 41.9 Å². The number of hydrogen-bond donors (Lipinski definition) is 3. The van der Waals surface area contributed by atoms with Gasteiger partial charge >= 0.3 is 6.03 Å². The maximum Gasteiger partial charge on any atom is 0.333 e.